The topological polar surface area (TPSA) is 112 Å². The van der Waals surface area contributed by atoms with Crippen LogP contribution in [0.2, 0.25) is 0 Å². The van der Waals surface area contributed by atoms with Crippen LogP contribution in [0, 0.1) is 0 Å². The molecule has 148 valence electrons. The van der Waals surface area contributed by atoms with Gasteiger partial charge < -0.3 is 19.5 Å². The molecule has 9 nitrogen and oxygen atoms in total. The van der Waals surface area contributed by atoms with Crippen molar-refractivity contribution in [1.82, 2.24) is 14.7 Å². The van der Waals surface area contributed by atoms with Crippen LogP contribution >= 0.6 is 0 Å². The molecule has 10 heteroatoms. The molecule has 0 spiro atoms. The molecule has 0 amide bonds. The molecule has 1 aromatic heterocycles. The van der Waals surface area contributed by atoms with Gasteiger partial charge in [-0.05, 0) is 31.3 Å². The van der Waals surface area contributed by atoms with Crippen LogP contribution in [0.5, 0.6) is 17.2 Å². The van der Waals surface area contributed by atoms with Crippen molar-refractivity contribution >= 4 is 32.4 Å². The van der Waals surface area contributed by atoms with E-state index in [9.17, 15) is 8.42 Å². The van der Waals surface area contributed by atoms with Crippen LogP contribution in [0.25, 0.3) is 10.9 Å². The van der Waals surface area contributed by atoms with Crippen LogP contribution in [-0.4, -0.2) is 46.8 Å². The molecule has 28 heavy (non-hydrogen) atoms. The number of sulfonamides is 1. The lowest BCUT2D eigenvalue weighted by Gasteiger charge is -2.15. The molecule has 0 aliphatic carbocycles. The molecule has 0 fully saturated rings. The first-order valence-electron chi connectivity index (χ1n) is 8.19. The zero-order chi connectivity index (χ0) is 20.3. The van der Waals surface area contributed by atoms with Crippen molar-refractivity contribution < 1.29 is 22.6 Å². The summed E-state index contributed by atoms with van der Waals surface area (Å²) in [6.45, 7) is 0. The van der Waals surface area contributed by atoms with Crippen LogP contribution < -0.4 is 24.2 Å². The number of benzene rings is 2. The first-order chi connectivity index (χ1) is 13.4. The average Bonchev–Trinajstić information content (AvgIpc) is 2.72. The Labute approximate surface area is 162 Å². The molecule has 1 heterocycles. The van der Waals surface area contributed by atoms with Crippen molar-refractivity contribution in [1.29, 1.82) is 0 Å². The normalized spacial score (nSPS) is 11.3. The monoisotopic (exact) mass is 404 g/mol. The van der Waals surface area contributed by atoms with Gasteiger partial charge in [-0.2, -0.15) is 0 Å². The number of fused-ring (bicyclic) bond motifs is 1. The summed E-state index contributed by atoms with van der Waals surface area (Å²) in [5, 5.41) is 3.80. The first-order valence-corrected chi connectivity index (χ1v) is 9.67. The predicted octanol–water partition coefficient (Wildman–Crippen LogP) is 2.31. The van der Waals surface area contributed by atoms with E-state index in [2.05, 4.69) is 20.0 Å². The Morgan fingerprint density at radius 1 is 0.893 bits per heavy atom. The minimum atomic E-state index is -3.61. The highest BCUT2D eigenvalue weighted by molar-refractivity contribution is 7.89. The van der Waals surface area contributed by atoms with E-state index < -0.39 is 10.0 Å². The summed E-state index contributed by atoms with van der Waals surface area (Å²) in [6.07, 6.45) is 1.40. The molecule has 2 aromatic carbocycles. The third kappa shape index (κ3) is 3.64. The second kappa shape index (κ2) is 7.87. The molecule has 0 atom stereocenters. The van der Waals surface area contributed by atoms with Crippen molar-refractivity contribution in [3.05, 3.63) is 36.7 Å². The number of methoxy groups -OCH3 is 3. The Bertz CT molecular complexity index is 1120. The Morgan fingerprint density at radius 3 is 2.21 bits per heavy atom. The lowest BCUT2D eigenvalue weighted by molar-refractivity contribution is 0.356. The zero-order valence-corrected chi connectivity index (χ0v) is 16.6. The number of hydrogen-bond acceptors (Lipinski definition) is 8. The van der Waals surface area contributed by atoms with Crippen molar-refractivity contribution in [2.45, 2.75) is 4.90 Å². The van der Waals surface area contributed by atoms with E-state index >= 15 is 0 Å². The SMILES string of the molecule is CNS(=O)(=O)c1ccc(OC)c(Nc2ncnc3cc(OC)c(OC)cc23)c1. The van der Waals surface area contributed by atoms with E-state index in [0.29, 0.717) is 39.7 Å². The van der Waals surface area contributed by atoms with Crippen LogP contribution in [0.4, 0.5) is 11.5 Å². The van der Waals surface area contributed by atoms with Gasteiger partial charge in [0.05, 0.1) is 37.4 Å². The predicted molar refractivity (Wildman–Crippen MR) is 105 cm³/mol. The van der Waals surface area contributed by atoms with Crippen LogP contribution in [0.3, 0.4) is 0 Å². The number of aromatic nitrogens is 2. The quantitative estimate of drug-likeness (QED) is 0.617. The van der Waals surface area contributed by atoms with Gasteiger partial charge in [0.15, 0.2) is 11.5 Å². The molecule has 0 radical (unpaired) electrons. The van der Waals surface area contributed by atoms with E-state index in [-0.39, 0.29) is 4.90 Å². The second-order valence-corrected chi connectivity index (χ2v) is 7.53. The number of hydrogen-bond donors (Lipinski definition) is 2. The van der Waals surface area contributed by atoms with Gasteiger partial charge in [0.2, 0.25) is 10.0 Å². The lowest BCUT2D eigenvalue weighted by Crippen LogP contribution is -2.18. The number of anilines is 2. The summed E-state index contributed by atoms with van der Waals surface area (Å²) in [5.74, 6) is 1.98. The Kier molecular flexibility index (Phi) is 5.52. The summed E-state index contributed by atoms with van der Waals surface area (Å²) in [6, 6.07) is 7.98. The molecular weight excluding hydrogens is 384 g/mol. The van der Waals surface area contributed by atoms with Crippen LogP contribution in [-0.2, 0) is 10.0 Å². The fraction of sp³-hybridized carbons (Fsp3) is 0.222. The fourth-order valence-corrected chi connectivity index (χ4v) is 3.44. The highest BCUT2D eigenvalue weighted by atomic mass is 32.2. The molecule has 3 aromatic rings. The molecule has 0 aliphatic rings. The van der Waals surface area contributed by atoms with E-state index in [1.807, 2.05) is 0 Å². The smallest absolute Gasteiger partial charge is 0.240 e. The highest BCUT2D eigenvalue weighted by Crippen LogP contribution is 2.36. The molecule has 0 saturated heterocycles. The fourth-order valence-electron chi connectivity index (χ4n) is 2.68. The first kappa shape index (κ1) is 19.6. The van der Waals surface area contributed by atoms with Crippen molar-refractivity contribution in [3.63, 3.8) is 0 Å². The Hall–Kier alpha value is -3.11. The lowest BCUT2D eigenvalue weighted by atomic mass is 10.2. The third-order valence-corrected chi connectivity index (χ3v) is 5.56. The Morgan fingerprint density at radius 2 is 1.57 bits per heavy atom. The number of nitrogens with zero attached hydrogens (tertiary/aromatic N) is 2. The summed E-state index contributed by atoms with van der Waals surface area (Å²) in [7, 11) is 2.32. The molecule has 0 aliphatic heterocycles. The average molecular weight is 404 g/mol. The van der Waals surface area contributed by atoms with Crippen LogP contribution in [0.1, 0.15) is 0 Å². The highest BCUT2D eigenvalue weighted by Gasteiger charge is 2.16. The van der Waals surface area contributed by atoms with Gasteiger partial charge in [0.25, 0.3) is 0 Å². The summed E-state index contributed by atoms with van der Waals surface area (Å²) < 4.78 is 42.6. The van der Waals surface area contributed by atoms with Crippen molar-refractivity contribution in [2.24, 2.45) is 0 Å². The third-order valence-electron chi connectivity index (χ3n) is 4.14. The van der Waals surface area contributed by atoms with Gasteiger partial charge in [-0.15, -0.1) is 0 Å². The molecule has 3 rings (SSSR count). The summed E-state index contributed by atoms with van der Waals surface area (Å²) in [4.78, 5) is 8.63. The van der Waals surface area contributed by atoms with Crippen molar-refractivity contribution in [2.75, 3.05) is 33.7 Å². The minimum absolute atomic E-state index is 0.0934. The molecular formula is C18H20N4O5S. The maximum absolute atomic E-state index is 12.1. The standard InChI is InChI=1S/C18H20N4O5S/c1-19-28(23,24)11-5-6-15(25-2)14(7-11)22-18-12-8-16(26-3)17(27-4)9-13(12)20-10-21-18/h5-10,19H,1-4H3,(H,20,21,22). The van der Waals surface area contributed by atoms with E-state index in [4.69, 9.17) is 14.2 Å². The van der Waals surface area contributed by atoms with Crippen LogP contribution in [0.15, 0.2) is 41.6 Å². The largest absolute Gasteiger partial charge is 0.495 e. The second-order valence-electron chi connectivity index (χ2n) is 5.64. The summed E-state index contributed by atoms with van der Waals surface area (Å²) in [5.41, 5.74) is 1.07. The van der Waals surface area contributed by atoms with Gasteiger partial charge >= 0.3 is 0 Å². The van der Waals surface area contributed by atoms with Gasteiger partial charge in [-0.3, -0.25) is 0 Å². The van der Waals surface area contributed by atoms with E-state index in [1.165, 1.54) is 39.7 Å². The maximum atomic E-state index is 12.1. The summed E-state index contributed by atoms with van der Waals surface area (Å²) >= 11 is 0. The zero-order valence-electron chi connectivity index (χ0n) is 15.8. The van der Waals surface area contributed by atoms with Gasteiger partial charge in [0.1, 0.15) is 17.9 Å². The minimum Gasteiger partial charge on any atom is -0.495 e. The van der Waals surface area contributed by atoms with Gasteiger partial charge in [-0.25, -0.2) is 23.1 Å². The van der Waals surface area contributed by atoms with Gasteiger partial charge in [0, 0.05) is 11.5 Å². The Balaban J connectivity index is 2.13. The maximum Gasteiger partial charge on any atom is 0.240 e. The number of rotatable bonds is 7. The number of nitrogens with one attached hydrogen (secondary N) is 2. The number of ether oxygens (including phenoxy) is 3. The van der Waals surface area contributed by atoms with E-state index in [1.54, 1.807) is 25.3 Å². The van der Waals surface area contributed by atoms with Crippen molar-refractivity contribution in [3.8, 4) is 17.2 Å². The van der Waals surface area contributed by atoms with Gasteiger partial charge in [-0.1, -0.05) is 0 Å². The van der Waals surface area contributed by atoms with E-state index in [0.717, 1.165) is 0 Å². The molecule has 2 N–H and O–H groups in total. The molecule has 0 saturated carbocycles. The molecule has 0 unspecified atom stereocenters. The molecule has 0 bridgehead atoms.